The van der Waals surface area contributed by atoms with Crippen molar-refractivity contribution in [1.29, 1.82) is 0 Å². The number of nitrogens with two attached hydrogens (primary N) is 1. The number of hydrogen-bond acceptors (Lipinski definition) is 3. The third-order valence-corrected chi connectivity index (χ3v) is 4.62. The van der Waals surface area contributed by atoms with Gasteiger partial charge in [-0.2, -0.15) is 4.99 Å². The minimum Gasteiger partial charge on any atom is -0.385 e. The van der Waals surface area contributed by atoms with Crippen LogP contribution in [0.4, 0.5) is 4.79 Å². The van der Waals surface area contributed by atoms with Gasteiger partial charge in [-0.3, -0.25) is 4.90 Å². The van der Waals surface area contributed by atoms with Gasteiger partial charge in [0.05, 0.1) is 0 Å². The van der Waals surface area contributed by atoms with Crippen molar-refractivity contribution in [3.05, 3.63) is 0 Å². The molecule has 2 amide bonds. The van der Waals surface area contributed by atoms with Gasteiger partial charge in [0.1, 0.15) is 11.4 Å². The van der Waals surface area contributed by atoms with E-state index in [2.05, 4.69) is 23.7 Å². The summed E-state index contributed by atoms with van der Waals surface area (Å²) in [4.78, 5) is 20.6. The fraction of sp³-hybridized carbons (Fsp3) is 0.846. The molecular weight excluding hydrogens is 228 g/mol. The molecule has 2 N–H and O–H groups in total. The van der Waals surface area contributed by atoms with E-state index >= 15 is 0 Å². The van der Waals surface area contributed by atoms with Crippen LogP contribution in [-0.2, 0) is 0 Å². The topological polar surface area (TPSA) is 61.9 Å². The summed E-state index contributed by atoms with van der Waals surface area (Å²) in [5.41, 5.74) is 5.85. The van der Waals surface area contributed by atoms with Gasteiger partial charge in [-0.25, -0.2) is 4.79 Å². The normalized spacial score (nSPS) is 35.9. The molecule has 2 saturated heterocycles. The fourth-order valence-electron chi connectivity index (χ4n) is 3.90. The highest BCUT2D eigenvalue weighted by Gasteiger charge is 2.59. The second-order valence-electron chi connectivity index (χ2n) is 6.15. The van der Waals surface area contributed by atoms with Crippen LogP contribution in [0, 0.1) is 5.92 Å². The van der Waals surface area contributed by atoms with E-state index in [4.69, 9.17) is 5.73 Å². The molecule has 0 aromatic carbocycles. The lowest BCUT2D eigenvalue weighted by Gasteiger charge is -2.40. The highest BCUT2D eigenvalue weighted by molar-refractivity contribution is 6.06. The number of aliphatic imine (C=N–C) groups is 1. The zero-order valence-corrected chi connectivity index (χ0v) is 11.2. The van der Waals surface area contributed by atoms with Crippen molar-refractivity contribution in [3.8, 4) is 0 Å². The first-order valence-corrected chi connectivity index (χ1v) is 6.96. The molecule has 3 aliphatic rings. The van der Waals surface area contributed by atoms with E-state index < -0.39 is 0 Å². The van der Waals surface area contributed by atoms with Crippen LogP contribution >= 0.6 is 0 Å². The highest BCUT2D eigenvalue weighted by Crippen LogP contribution is 2.43. The Labute approximate surface area is 108 Å². The molecule has 0 bridgehead atoms. The van der Waals surface area contributed by atoms with Crippen molar-refractivity contribution < 1.29 is 4.79 Å². The number of amidine groups is 1. The van der Waals surface area contributed by atoms with E-state index in [1.807, 2.05) is 4.90 Å². The number of hydrogen-bond donors (Lipinski definition) is 1. The summed E-state index contributed by atoms with van der Waals surface area (Å²) in [6.45, 7) is 7.22. The number of amides is 2. The van der Waals surface area contributed by atoms with Gasteiger partial charge in [0.25, 0.3) is 0 Å². The molecule has 0 aromatic heterocycles. The fourth-order valence-corrected chi connectivity index (χ4v) is 3.90. The zero-order chi connectivity index (χ0) is 12.9. The second kappa shape index (κ2) is 3.95. The Kier molecular flexibility index (Phi) is 2.62. The molecule has 5 nitrogen and oxygen atoms in total. The molecule has 0 radical (unpaired) electrons. The van der Waals surface area contributed by atoms with Gasteiger partial charge in [0.2, 0.25) is 0 Å². The van der Waals surface area contributed by atoms with Gasteiger partial charge in [-0.15, -0.1) is 0 Å². The number of rotatable bonds is 2. The van der Waals surface area contributed by atoms with Crippen molar-refractivity contribution in [2.45, 2.75) is 44.7 Å². The van der Waals surface area contributed by atoms with Crippen molar-refractivity contribution in [2.24, 2.45) is 16.6 Å². The molecule has 0 aliphatic carbocycles. The van der Waals surface area contributed by atoms with Crippen LogP contribution in [0.3, 0.4) is 0 Å². The van der Waals surface area contributed by atoms with Gasteiger partial charge in [-0.1, -0.05) is 13.8 Å². The van der Waals surface area contributed by atoms with E-state index in [-0.39, 0.29) is 11.6 Å². The Morgan fingerprint density at radius 2 is 2.28 bits per heavy atom. The minimum absolute atomic E-state index is 0.130. The van der Waals surface area contributed by atoms with Crippen molar-refractivity contribution in [3.63, 3.8) is 0 Å². The van der Waals surface area contributed by atoms with Crippen LogP contribution in [-0.4, -0.2) is 52.9 Å². The summed E-state index contributed by atoms with van der Waals surface area (Å²) < 4.78 is 0. The summed E-state index contributed by atoms with van der Waals surface area (Å²) in [6, 6.07) is 0.265. The molecule has 2 unspecified atom stereocenters. The second-order valence-corrected chi connectivity index (χ2v) is 6.15. The predicted octanol–water partition coefficient (Wildman–Crippen LogP) is 1.04. The van der Waals surface area contributed by atoms with Gasteiger partial charge >= 0.3 is 6.03 Å². The number of carbonyl (C=O) groups excluding carboxylic acids is 1. The predicted molar refractivity (Wildman–Crippen MR) is 70.5 cm³/mol. The summed E-state index contributed by atoms with van der Waals surface area (Å²) in [6.07, 6.45) is 3.30. The molecule has 100 valence electrons. The number of nitrogens with zero attached hydrogens (tertiary/aromatic N) is 3. The Morgan fingerprint density at radius 1 is 1.50 bits per heavy atom. The average Bonchev–Trinajstić information content (AvgIpc) is 2.91. The molecule has 0 aromatic rings. The van der Waals surface area contributed by atoms with Gasteiger partial charge in [0, 0.05) is 19.1 Å². The van der Waals surface area contributed by atoms with Crippen molar-refractivity contribution >= 4 is 11.9 Å². The standard InChI is InChI=1S/C13H22N4O/c1-9(2)8-17-12(18)15-11(14)13(17)5-7-16-6-3-4-10(13)16/h9-10H,3-8H2,1-2H3,(H2,14,15,18). The van der Waals surface area contributed by atoms with Crippen molar-refractivity contribution in [2.75, 3.05) is 19.6 Å². The molecule has 3 heterocycles. The van der Waals surface area contributed by atoms with Crippen molar-refractivity contribution in [1.82, 2.24) is 9.80 Å². The lowest BCUT2D eigenvalue weighted by Crippen LogP contribution is -2.60. The summed E-state index contributed by atoms with van der Waals surface area (Å²) in [5, 5.41) is 0. The monoisotopic (exact) mass is 250 g/mol. The Bertz CT molecular complexity index is 406. The maximum absolute atomic E-state index is 12.1. The average molecular weight is 250 g/mol. The minimum atomic E-state index is -0.294. The first kappa shape index (κ1) is 12.0. The first-order valence-electron chi connectivity index (χ1n) is 6.96. The smallest absolute Gasteiger partial charge is 0.346 e. The molecule has 5 heteroatoms. The van der Waals surface area contributed by atoms with E-state index in [1.165, 1.54) is 6.42 Å². The number of carbonyl (C=O) groups is 1. The van der Waals surface area contributed by atoms with Crippen LogP contribution in [0.5, 0.6) is 0 Å². The van der Waals surface area contributed by atoms with Gasteiger partial charge in [0.15, 0.2) is 0 Å². The Balaban J connectivity index is 1.96. The van der Waals surface area contributed by atoms with E-state index in [0.29, 0.717) is 17.8 Å². The highest BCUT2D eigenvalue weighted by atomic mass is 16.2. The largest absolute Gasteiger partial charge is 0.385 e. The molecular formula is C13H22N4O. The van der Waals surface area contributed by atoms with E-state index in [9.17, 15) is 4.79 Å². The quantitative estimate of drug-likeness (QED) is 0.796. The number of urea groups is 1. The van der Waals surface area contributed by atoms with Crippen LogP contribution < -0.4 is 5.73 Å². The third-order valence-electron chi connectivity index (χ3n) is 4.62. The Morgan fingerprint density at radius 3 is 3.00 bits per heavy atom. The van der Waals surface area contributed by atoms with Gasteiger partial charge < -0.3 is 10.6 Å². The van der Waals surface area contributed by atoms with E-state index in [0.717, 1.165) is 32.5 Å². The summed E-state index contributed by atoms with van der Waals surface area (Å²) in [5.74, 6) is 1.00. The maximum atomic E-state index is 12.1. The van der Waals surface area contributed by atoms with E-state index in [1.54, 1.807) is 0 Å². The SMILES string of the molecule is CC(C)CN1C(=O)N=C(N)C12CCN1CCCC12. The Hall–Kier alpha value is -1.10. The molecule has 3 aliphatic heterocycles. The lowest BCUT2D eigenvalue weighted by molar-refractivity contribution is 0.136. The molecule has 18 heavy (non-hydrogen) atoms. The maximum Gasteiger partial charge on any atom is 0.346 e. The van der Waals surface area contributed by atoms with Crippen LogP contribution in [0.25, 0.3) is 0 Å². The van der Waals surface area contributed by atoms with Crippen LogP contribution in [0.1, 0.15) is 33.1 Å². The summed E-state index contributed by atoms with van der Waals surface area (Å²) >= 11 is 0. The summed E-state index contributed by atoms with van der Waals surface area (Å²) in [7, 11) is 0. The molecule has 0 saturated carbocycles. The number of fused-ring (bicyclic) bond motifs is 2. The molecule has 3 rings (SSSR count). The zero-order valence-electron chi connectivity index (χ0n) is 11.2. The van der Waals surface area contributed by atoms with Crippen LogP contribution in [0.15, 0.2) is 4.99 Å². The van der Waals surface area contributed by atoms with Gasteiger partial charge in [-0.05, 0) is 31.7 Å². The molecule has 1 spiro atoms. The third kappa shape index (κ3) is 1.43. The first-order chi connectivity index (χ1) is 8.55. The lowest BCUT2D eigenvalue weighted by atomic mass is 9.86. The molecule has 2 fully saturated rings. The molecule has 2 atom stereocenters. The van der Waals surface area contributed by atoms with Crippen LogP contribution in [0.2, 0.25) is 0 Å².